The number of pyridine rings is 1. The minimum atomic E-state index is -0.491. The first-order valence-electron chi connectivity index (χ1n) is 8.65. The molecule has 2 N–H and O–H groups in total. The highest BCUT2D eigenvalue weighted by molar-refractivity contribution is 6.33. The van der Waals surface area contributed by atoms with Crippen molar-refractivity contribution < 1.29 is 14.3 Å². The van der Waals surface area contributed by atoms with E-state index in [0.717, 1.165) is 18.9 Å². The number of nitrogens with one attached hydrogen (secondary N) is 2. The van der Waals surface area contributed by atoms with Crippen molar-refractivity contribution in [2.45, 2.75) is 26.1 Å². The first kappa shape index (κ1) is 19.1. The molecule has 2 aromatic rings. The molecule has 0 radical (unpaired) electrons. The molecule has 0 aliphatic carbocycles. The summed E-state index contributed by atoms with van der Waals surface area (Å²) in [5.74, 6) is -0.165. The van der Waals surface area contributed by atoms with Crippen molar-refractivity contribution >= 4 is 29.2 Å². The van der Waals surface area contributed by atoms with Gasteiger partial charge in [0, 0.05) is 19.3 Å². The van der Waals surface area contributed by atoms with Crippen LogP contribution in [0.5, 0.6) is 0 Å². The summed E-state index contributed by atoms with van der Waals surface area (Å²) in [6, 6.07) is 10.1. The number of benzene rings is 1. The molecule has 142 valence electrons. The Kier molecular flexibility index (Phi) is 5.93. The van der Waals surface area contributed by atoms with Crippen LogP contribution in [0.3, 0.4) is 0 Å². The van der Waals surface area contributed by atoms with E-state index in [9.17, 15) is 9.59 Å². The molecule has 1 aromatic heterocycles. The van der Waals surface area contributed by atoms with Gasteiger partial charge in [0.15, 0.2) is 0 Å². The van der Waals surface area contributed by atoms with Gasteiger partial charge < -0.3 is 9.64 Å². The summed E-state index contributed by atoms with van der Waals surface area (Å²) in [5.41, 5.74) is 5.34. The highest BCUT2D eigenvalue weighted by Gasteiger charge is 2.23. The van der Waals surface area contributed by atoms with Gasteiger partial charge >= 0.3 is 0 Å². The SMILES string of the molecule is C[C@H]1CN(c2ccc(C(=O)NNC(=O)c3ccccc3Cl)cn2)C[C@H](C)O1. The van der Waals surface area contributed by atoms with Crippen LogP contribution in [0.25, 0.3) is 0 Å². The summed E-state index contributed by atoms with van der Waals surface area (Å²) in [7, 11) is 0. The number of morpholine rings is 1. The van der Waals surface area contributed by atoms with Gasteiger partial charge in [-0.05, 0) is 38.1 Å². The largest absolute Gasteiger partial charge is 0.372 e. The van der Waals surface area contributed by atoms with Gasteiger partial charge in [-0.2, -0.15) is 0 Å². The summed E-state index contributed by atoms with van der Waals surface area (Å²) in [6.07, 6.45) is 1.73. The van der Waals surface area contributed by atoms with Gasteiger partial charge in [0.1, 0.15) is 5.82 Å². The van der Waals surface area contributed by atoms with Crippen LogP contribution in [0.15, 0.2) is 42.6 Å². The maximum Gasteiger partial charge on any atom is 0.271 e. The second-order valence-corrected chi connectivity index (χ2v) is 6.86. The van der Waals surface area contributed by atoms with E-state index >= 15 is 0 Å². The van der Waals surface area contributed by atoms with Gasteiger partial charge in [0.2, 0.25) is 0 Å². The Morgan fingerprint density at radius 2 is 1.74 bits per heavy atom. The lowest BCUT2D eigenvalue weighted by atomic mass is 10.2. The molecule has 1 aliphatic rings. The molecule has 1 fully saturated rings. The standard InChI is InChI=1S/C19H21ClN4O3/c1-12-10-24(11-13(2)27-12)17-8-7-14(9-21-17)18(25)22-23-19(26)15-5-3-4-6-16(15)20/h3-9,12-13H,10-11H2,1-2H3,(H,22,25)(H,23,26)/t12-,13-/m0/s1. The van der Waals surface area contributed by atoms with Crippen molar-refractivity contribution in [1.82, 2.24) is 15.8 Å². The zero-order chi connectivity index (χ0) is 19.4. The van der Waals surface area contributed by atoms with Gasteiger partial charge in [0.25, 0.3) is 11.8 Å². The highest BCUT2D eigenvalue weighted by atomic mass is 35.5. The van der Waals surface area contributed by atoms with Gasteiger partial charge in [0.05, 0.1) is 28.4 Å². The third-order valence-corrected chi connectivity index (χ3v) is 4.49. The summed E-state index contributed by atoms with van der Waals surface area (Å²) >= 11 is 5.97. The maximum atomic E-state index is 12.2. The van der Waals surface area contributed by atoms with Crippen LogP contribution in [-0.4, -0.2) is 42.1 Å². The Labute approximate surface area is 162 Å². The van der Waals surface area contributed by atoms with Crippen molar-refractivity contribution in [2.75, 3.05) is 18.0 Å². The monoisotopic (exact) mass is 388 g/mol. The first-order chi connectivity index (χ1) is 12.9. The fraction of sp³-hybridized carbons (Fsp3) is 0.316. The fourth-order valence-electron chi connectivity index (χ4n) is 2.97. The van der Waals surface area contributed by atoms with Gasteiger partial charge in [-0.1, -0.05) is 23.7 Å². The average Bonchev–Trinajstić information content (AvgIpc) is 2.65. The molecule has 0 saturated carbocycles. The van der Waals surface area contributed by atoms with E-state index in [1.165, 1.54) is 6.20 Å². The van der Waals surface area contributed by atoms with E-state index in [-0.39, 0.29) is 17.8 Å². The molecule has 0 bridgehead atoms. The Morgan fingerprint density at radius 3 is 2.37 bits per heavy atom. The van der Waals surface area contributed by atoms with E-state index in [0.29, 0.717) is 10.6 Å². The zero-order valence-electron chi connectivity index (χ0n) is 15.1. The Hall–Kier alpha value is -2.64. The predicted molar refractivity (Wildman–Crippen MR) is 103 cm³/mol. The van der Waals surface area contributed by atoms with Gasteiger partial charge in [-0.15, -0.1) is 0 Å². The van der Waals surface area contributed by atoms with Crippen LogP contribution in [0.4, 0.5) is 5.82 Å². The second kappa shape index (κ2) is 8.37. The number of anilines is 1. The first-order valence-corrected chi connectivity index (χ1v) is 9.03. The third kappa shape index (κ3) is 4.75. The summed E-state index contributed by atoms with van der Waals surface area (Å²) in [4.78, 5) is 30.8. The topological polar surface area (TPSA) is 83.6 Å². The number of rotatable bonds is 3. The number of carbonyl (C=O) groups excluding carboxylic acids is 2. The minimum Gasteiger partial charge on any atom is -0.372 e. The van der Waals surface area contributed by atoms with Crippen LogP contribution in [0.2, 0.25) is 5.02 Å². The smallest absolute Gasteiger partial charge is 0.271 e. The Bertz CT molecular complexity index is 818. The normalized spacial score (nSPS) is 19.4. The van der Waals surface area contributed by atoms with Crippen molar-refractivity contribution in [3.05, 3.63) is 58.7 Å². The molecular weight excluding hydrogens is 368 g/mol. The van der Waals surface area contributed by atoms with Gasteiger partial charge in [-0.3, -0.25) is 20.4 Å². The molecule has 2 amide bonds. The number of hydrogen-bond donors (Lipinski definition) is 2. The quantitative estimate of drug-likeness (QED) is 0.789. The average molecular weight is 389 g/mol. The number of ether oxygens (including phenoxy) is 1. The molecule has 3 rings (SSSR count). The maximum absolute atomic E-state index is 12.2. The van der Waals surface area contributed by atoms with E-state index in [2.05, 4.69) is 20.7 Å². The van der Waals surface area contributed by atoms with Crippen LogP contribution in [0, 0.1) is 0 Å². The molecule has 1 saturated heterocycles. The lowest BCUT2D eigenvalue weighted by Gasteiger charge is -2.36. The molecule has 7 nitrogen and oxygen atoms in total. The Balaban J connectivity index is 1.59. The minimum absolute atomic E-state index is 0.124. The van der Waals surface area contributed by atoms with Crippen LogP contribution >= 0.6 is 11.6 Å². The molecule has 0 spiro atoms. The molecule has 1 aliphatic heterocycles. The molecule has 2 atom stereocenters. The number of nitrogens with zero attached hydrogens (tertiary/aromatic N) is 2. The van der Waals surface area contributed by atoms with E-state index < -0.39 is 11.8 Å². The summed E-state index contributed by atoms with van der Waals surface area (Å²) < 4.78 is 5.72. The third-order valence-electron chi connectivity index (χ3n) is 4.16. The predicted octanol–water partition coefficient (Wildman–Crippen LogP) is 2.42. The molecule has 0 unspecified atom stereocenters. The highest BCUT2D eigenvalue weighted by Crippen LogP contribution is 2.18. The number of aromatic nitrogens is 1. The number of amides is 2. The number of hydrazine groups is 1. The fourth-order valence-corrected chi connectivity index (χ4v) is 3.19. The van der Waals surface area contributed by atoms with E-state index in [1.807, 2.05) is 13.8 Å². The molecule has 27 heavy (non-hydrogen) atoms. The lowest BCUT2D eigenvalue weighted by molar-refractivity contribution is -0.00546. The number of halogens is 1. The second-order valence-electron chi connectivity index (χ2n) is 6.46. The van der Waals surface area contributed by atoms with E-state index in [4.69, 9.17) is 16.3 Å². The molecule has 1 aromatic carbocycles. The summed E-state index contributed by atoms with van der Waals surface area (Å²) in [5, 5.41) is 0.309. The van der Waals surface area contributed by atoms with Crippen molar-refractivity contribution in [1.29, 1.82) is 0 Å². The van der Waals surface area contributed by atoms with Crippen LogP contribution in [-0.2, 0) is 4.74 Å². The molecule has 2 heterocycles. The van der Waals surface area contributed by atoms with Crippen molar-refractivity contribution in [3.63, 3.8) is 0 Å². The van der Waals surface area contributed by atoms with Crippen molar-refractivity contribution in [2.24, 2.45) is 0 Å². The van der Waals surface area contributed by atoms with Crippen molar-refractivity contribution in [3.8, 4) is 0 Å². The molecule has 8 heteroatoms. The zero-order valence-corrected chi connectivity index (χ0v) is 15.9. The van der Waals surface area contributed by atoms with Crippen LogP contribution in [0.1, 0.15) is 34.6 Å². The van der Waals surface area contributed by atoms with Crippen LogP contribution < -0.4 is 15.8 Å². The van der Waals surface area contributed by atoms with Gasteiger partial charge in [-0.25, -0.2) is 4.98 Å². The van der Waals surface area contributed by atoms with E-state index in [1.54, 1.807) is 36.4 Å². The number of hydrogen-bond acceptors (Lipinski definition) is 5. The Morgan fingerprint density at radius 1 is 1.07 bits per heavy atom. The summed E-state index contributed by atoms with van der Waals surface area (Å²) in [6.45, 7) is 5.53. The number of carbonyl (C=O) groups is 2. The lowest BCUT2D eigenvalue weighted by Crippen LogP contribution is -2.46. The molecular formula is C19H21ClN4O3.